The van der Waals surface area contributed by atoms with E-state index in [1.165, 1.54) is 11.3 Å². The van der Waals surface area contributed by atoms with Crippen molar-refractivity contribution in [3.8, 4) is 11.5 Å². The van der Waals surface area contributed by atoms with Crippen molar-refractivity contribution in [1.29, 1.82) is 0 Å². The van der Waals surface area contributed by atoms with Gasteiger partial charge in [-0.3, -0.25) is 14.9 Å². The molecule has 7 nitrogen and oxygen atoms in total. The van der Waals surface area contributed by atoms with Crippen LogP contribution in [0.15, 0.2) is 48.5 Å². The second-order valence-corrected chi connectivity index (χ2v) is 8.93. The Hall–Kier alpha value is -3.39. The highest BCUT2D eigenvalue weighted by atomic mass is 32.1. The molecule has 0 bridgehead atoms. The molecule has 2 N–H and O–H groups in total. The van der Waals surface area contributed by atoms with Gasteiger partial charge in [0.25, 0.3) is 5.91 Å². The molecule has 0 radical (unpaired) electrons. The van der Waals surface area contributed by atoms with E-state index in [4.69, 9.17) is 9.47 Å². The molecular formula is C25H27N3O4S. The quantitative estimate of drug-likeness (QED) is 0.521. The number of amides is 2. The van der Waals surface area contributed by atoms with Crippen molar-refractivity contribution in [2.45, 2.75) is 31.6 Å². The van der Waals surface area contributed by atoms with Gasteiger partial charge in [0.1, 0.15) is 11.5 Å². The Morgan fingerprint density at radius 1 is 1.03 bits per heavy atom. The predicted molar refractivity (Wildman–Crippen MR) is 128 cm³/mol. The maximum absolute atomic E-state index is 12.9. The van der Waals surface area contributed by atoms with E-state index in [1.807, 2.05) is 24.3 Å². The summed E-state index contributed by atoms with van der Waals surface area (Å²) in [6, 6.07) is 14.7. The lowest BCUT2D eigenvalue weighted by Crippen LogP contribution is -2.32. The summed E-state index contributed by atoms with van der Waals surface area (Å²) >= 11 is 1.45. The van der Waals surface area contributed by atoms with Gasteiger partial charge in [-0.05, 0) is 67.6 Å². The van der Waals surface area contributed by atoms with Crippen LogP contribution in [0.3, 0.4) is 0 Å². The van der Waals surface area contributed by atoms with Crippen LogP contribution in [0.25, 0.3) is 0 Å². The molecule has 1 heterocycles. The topological polar surface area (TPSA) is 89.6 Å². The lowest BCUT2D eigenvalue weighted by molar-refractivity contribution is -0.122. The van der Waals surface area contributed by atoms with Crippen LogP contribution in [0.4, 0.5) is 5.13 Å². The van der Waals surface area contributed by atoms with Crippen LogP contribution in [-0.2, 0) is 17.6 Å². The Labute approximate surface area is 197 Å². The van der Waals surface area contributed by atoms with E-state index in [-0.39, 0.29) is 17.7 Å². The Balaban J connectivity index is 1.36. The summed E-state index contributed by atoms with van der Waals surface area (Å²) in [6.07, 6.45) is 3.31. The van der Waals surface area contributed by atoms with Crippen LogP contribution in [-0.4, -0.2) is 37.6 Å². The number of rotatable bonds is 8. The normalized spacial score (nSPS) is 14.8. The molecule has 2 amide bonds. The van der Waals surface area contributed by atoms with Gasteiger partial charge in [0, 0.05) is 17.0 Å². The summed E-state index contributed by atoms with van der Waals surface area (Å²) in [6.45, 7) is 0.558. The molecule has 0 spiro atoms. The lowest BCUT2D eigenvalue weighted by Gasteiger charge is -2.20. The minimum Gasteiger partial charge on any atom is -0.497 e. The van der Waals surface area contributed by atoms with E-state index in [1.54, 1.807) is 38.5 Å². The summed E-state index contributed by atoms with van der Waals surface area (Å²) in [4.78, 5) is 31.2. The third kappa shape index (κ3) is 5.51. The maximum Gasteiger partial charge on any atom is 0.257 e. The largest absolute Gasteiger partial charge is 0.497 e. The second-order valence-electron chi connectivity index (χ2n) is 7.84. The Morgan fingerprint density at radius 2 is 1.70 bits per heavy atom. The van der Waals surface area contributed by atoms with Gasteiger partial charge in [-0.15, -0.1) is 11.3 Å². The van der Waals surface area contributed by atoms with Crippen molar-refractivity contribution >= 4 is 28.3 Å². The molecule has 0 saturated carbocycles. The van der Waals surface area contributed by atoms with Crippen molar-refractivity contribution in [1.82, 2.24) is 10.3 Å². The van der Waals surface area contributed by atoms with E-state index >= 15 is 0 Å². The molecule has 4 rings (SSSR count). The first kappa shape index (κ1) is 22.8. The number of fused-ring (bicyclic) bond motifs is 1. The summed E-state index contributed by atoms with van der Waals surface area (Å²) in [5.41, 5.74) is 2.45. The molecule has 3 aromatic rings. The van der Waals surface area contributed by atoms with Crippen LogP contribution >= 0.6 is 11.3 Å². The fraction of sp³-hybridized carbons (Fsp3) is 0.320. The molecule has 1 aromatic heterocycles. The predicted octanol–water partition coefficient (Wildman–Crippen LogP) is 4.19. The molecule has 1 aliphatic carbocycles. The zero-order chi connectivity index (χ0) is 23.2. The van der Waals surface area contributed by atoms with E-state index in [9.17, 15) is 9.59 Å². The van der Waals surface area contributed by atoms with Gasteiger partial charge >= 0.3 is 0 Å². The molecule has 0 aliphatic heterocycles. The Kier molecular flexibility index (Phi) is 7.24. The van der Waals surface area contributed by atoms with Crippen molar-refractivity contribution in [2.75, 3.05) is 26.1 Å². The third-order valence-corrected chi connectivity index (χ3v) is 6.76. The highest BCUT2D eigenvalue weighted by molar-refractivity contribution is 7.16. The summed E-state index contributed by atoms with van der Waals surface area (Å²) in [5.74, 6) is 0.979. The van der Waals surface area contributed by atoms with Gasteiger partial charge in [-0.1, -0.05) is 12.1 Å². The number of anilines is 1. The molecule has 33 heavy (non-hydrogen) atoms. The smallest absolute Gasteiger partial charge is 0.257 e. The van der Waals surface area contributed by atoms with Gasteiger partial charge in [0.2, 0.25) is 5.91 Å². The lowest BCUT2D eigenvalue weighted by atomic mass is 9.90. The zero-order valence-electron chi connectivity index (χ0n) is 18.7. The van der Waals surface area contributed by atoms with Gasteiger partial charge in [0.15, 0.2) is 5.13 Å². The van der Waals surface area contributed by atoms with Crippen LogP contribution < -0.4 is 20.1 Å². The molecule has 0 saturated heterocycles. The molecule has 8 heteroatoms. The average Bonchev–Trinajstić information content (AvgIpc) is 3.26. The summed E-state index contributed by atoms with van der Waals surface area (Å²) in [7, 11) is 3.23. The fourth-order valence-electron chi connectivity index (χ4n) is 3.88. The third-order valence-electron chi connectivity index (χ3n) is 5.72. The molecule has 2 aromatic carbocycles. The van der Waals surface area contributed by atoms with Crippen molar-refractivity contribution in [2.24, 2.45) is 0 Å². The number of thiazole rings is 1. The zero-order valence-corrected chi connectivity index (χ0v) is 19.5. The van der Waals surface area contributed by atoms with Crippen LogP contribution in [0.2, 0.25) is 0 Å². The van der Waals surface area contributed by atoms with Gasteiger partial charge in [-0.2, -0.15) is 0 Å². The molecule has 1 atom stereocenters. The minimum absolute atomic E-state index is 0.0113. The first-order valence-corrected chi connectivity index (χ1v) is 11.7. The summed E-state index contributed by atoms with van der Waals surface area (Å²) < 4.78 is 10.3. The van der Waals surface area contributed by atoms with E-state index in [0.29, 0.717) is 23.0 Å². The number of hydrogen-bond donors (Lipinski definition) is 2. The molecule has 0 fully saturated rings. The van der Waals surface area contributed by atoms with Gasteiger partial charge in [0.05, 0.1) is 25.8 Å². The number of benzene rings is 2. The molecular weight excluding hydrogens is 438 g/mol. The average molecular weight is 466 g/mol. The van der Waals surface area contributed by atoms with E-state index in [2.05, 4.69) is 15.6 Å². The number of carbonyl (C=O) groups is 2. The number of aryl methyl sites for hydroxylation is 1. The van der Waals surface area contributed by atoms with Gasteiger partial charge in [-0.25, -0.2) is 4.98 Å². The summed E-state index contributed by atoms with van der Waals surface area (Å²) in [5, 5.41) is 6.45. The van der Waals surface area contributed by atoms with Crippen LogP contribution in [0.5, 0.6) is 11.5 Å². The Bertz CT molecular complexity index is 1110. The maximum atomic E-state index is 12.9. The number of carbonyl (C=O) groups excluding carboxylic acids is 2. The fourth-order valence-corrected chi connectivity index (χ4v) is 4.94. The van der Waals surface area contributed by atoms with Crippen molar-refractivity contribution in [3.63, 3.8) is 0 Å². The SMILES string of the molecule is COc1ccc(CCNC(=O)[C@@H]2CCCc3sc(NC(=O)c4ccc(OC)cc4)nc32)cc1. The number of nitrogens with zero attached hydrogens (tertiary/aromatic N) is 1. The van der Waals surface area contributed by atoms with Gasteiger partial charge < -0.3 is 14.8 Å². The highest BCUT2D eigenvalue weighted by Crippen LogP contribution is 2.37. The van der Waals surface area contributed by atoms with E-state index < -0.39 is 0 Å². The highest BCUT2D eigenvalue weighted by Gasteiger charge is 2.30. The molecule has 172 valence electrons. The number of hydrogen-bond acceptors (Lipinski definition) is 6. The number of nitrogens with one attached hydrogen (secondary N) is 2. The van der Waals surface area contributed by atoms with Crippen LogP contribution in [0.1, 0.15) is 45.3 Å². The first-order chi connectivity index (χ1) is 16.1. The van der Waals surface area contributed by atoms with Crippen molar-refractivity contribution < 1.29 is 19.1 Å². The number of ether oxygens (including phenoxy) is 2. The van der Waals surface area contributed by atoms with E-state index in [0.717, 1.165) is 47.6 Å². The Morgan fingerprint density at radius 3 is 2.36 bits per heavy atom. The number of methoxy groups -OCH3 is 2. The monoisotopic (exact) mass is 465 g/mol. The number of aromatic nitrogens is 1. The molecule has 1 aliphatic rings. The second kappa shape index (κ2) is 10.5. The van der Waals surface area contributed by atoms with Crippen LogP contribution in [0, 0.1) is 0 Å². The minimum atomic E-state index is -0.285. The van der Waals surface area contributed by atoms with Crippen molar-refractivity contribution in [3.05, 3.63) is 70.2 Å². The molecule has 0 unspecified atom stereocenters. The standard InChI is InChI=1S/C25H27N3O4S/c1-31-18-10-6-16(7-11-18)14-15-26-24(30)20-4-3-5-21-22(20)27-25(33-21)28-23(29)17-8-12-19(32-2)13-9-17/h6-13,20H,3-5,14-15H2,1-2H3,(H,26,30)(H,27,28,29)/t20-/m1/s1. The first-order valence-electron chi connectivity index (χ1n) is 10.9.